The van der Waals surface area contributed by atoms with Crippen LogP contribution in [0.5, 0.6) is 0 Å². The van der Waals surface area contributed by atoms with E-state index >= 15 is 0 Å². The molecule has 4 nitrogen and oxygen atoms in total. The van der Waals surface area contributed by atoms with Crippen molar-refractivity contribution in [3.05, 3.63) is 66.6 Å². The second kappa shape index (κ2) is 6.43. The van der Waals surface area contributed by atoms with Crippen molar-refractivity contribution in [3.63, 3.8) is 0 Å². The van der Waals surface area contributed by atoms with Crippen LogP contribution in [0.2, 0.25) is 10.0 Å². The third-order valence-corrected chi connectivity index (χ3v) is 4.16. The van der Waals surface area contributed by atoms with E-state index in [1.165, 1.54) is 12.1 Å². The molecule has 0 amide bonds. The molecule has 0 atom stereocenters. The Balaban J connectivity index is 2.09. The number of anilines is 1. The van der Waals surface area contributed by atoms with Crippen molar-refractivity contribution in [2.24, 2.45) is 0 Å². The van der Waals surface area contributed by atoms with E-state index in [0.717, 1.165) is 10.0 Å². The van der Waals surface area contributed by atoms with Crippen LogP contribution in [-0.2, 0) is 6.54 Å². The molecule has 2 aromatic carbocycles. The Bertz CT molecular complexity index is 665. The number of halogens is 3. The Morgan fingerprint density at radius 1 is 1.15 bits per heavy atom. The zero-order valence-corrected chi connectivity index (χ0v) is 13.2. The molecule has 0 saturated heterocycles. The quantitative estimate of drug-likeness (QED) is 0.584. The minimum Gasteiger partial charge on any atom is -0.381 e. The zero-order chi connectivity index (χ0) is 14.7. The van der Waals surface area contributed by atoms with Crippen molar-refractivity contribution in [2.45, 2.75) is 6.54 Å². The van der Waals surface area contributed by atoms with Crippen molar-refractivity contribution in [3.8, 4) is 0 Å². The SMILES string of the molecule is O=[N+]([O-])c1ccc(NCc2ccc(Br)c(Cl)c2)cc1Cl. The molecular formula is C13H9BrCl2N2O2. The molecule has 0 aromatic heterocycles. The number of benzene rings is 2. The lowest BCUT2D eigenvalue weighted by molar-refractivity contribution is -0.384. The maximum atomic E-state index is 10.7. The lowest BCUT2D eigenvalue weighted by Gasteiger charge is -2.08. The summed E-state index contributed by atoms with van der Waals surface area (Å²) in [5.41, 5.74) is 1.59. The van der Waals surface area contributed by atoms with Gasteiger partial charge in [0.1, 0.15) is 5.02 Å². The first-order valence-electron chi connectivity index (χ1n) is 5.59. The van der Waals surface area contributed by atoms with Crippen LogP contribution < -0.4 is 5.32 Å². The van der Waals surface area contributed by atoms with Gasteiger partial charge in [-0.15, -0.1) is 0 Å². The van der Waals surface area contributed by atoms with Gasteiger partial charge in [0.2, 0.25) is 0 Å². The lowest BCUT2D eigenvalue weighted by atomic mass is 10.2. The molecule has 0 radical (unpaired) electrons. The standard InChI is InChI=1S/C13H9BrCl2N2O2/c14-10-3-1-8(5-11(10)15)7-17-9-2-4-13(18(19)20)12(16)6-9/h1-6,17H,7H2. The van der Waals surface area contributed by atoms with Crippen molar-refractivity contribution in [2.75, 3.05) is 5.32 Å². The summed E-state index contributed by atoms with van der Waals surface area (Å²) in [5.74, 6) is 0. The Labute approximate surface area is 134 Å². The molecule has 1 N–H and O–H groups in total. The fraction of sp³-hybridized carbons (Fsp3) is 0.0769. The highest BCUT2D eigenvalue weighted by Crippen LogP contribution is 2.28. The van der Waals surface area contributed by atoms with Crippen LogP contribution in [0.25, 0.3) is 0 Å². The van der Waals surface area contributed by atoms with Gasteiger partial charge in [-0.25, -0.2) is 0 Å². The fourth-order valence-electron chi connectivity index (χ4n) is 1.62. The molecule has 0 aliphatic heterocycles. The highest BCUT2D eigenvalue weighted by atomic mass is 79.9. The summed E-state index contributed by atoms with van der Waals surface area (Å²) in [5, 5.41) is 14.5. The van der Waals surface area contributed by atoms with E-state index in [4.69, 9.17) is 23.2 Å². The number of rotatable bonds is 4. The number of hydrogen-bond donors (Lipinski definition) is 1. The monoisotopic (exact) mass is 374 g/mol. The van der Waals surface area contributed by atoms with E-state index in [9.17, 15) is 10.1 Å². The molecule has 0 saturated carbocycles. The average Bonchev–Trinajstić information content (AvgIpc) is 2.40. The molecule has 7 heteroatoms. The van der Waals surface area contributed by atoms with Gasteiger partial charge in [-0.3, -0.25) is 10.1 Å². The Morgan fingerprint density at radius 2 is 1.90 bits per heavy atom. The summed E-state index contributed by atoms with van der Waals surface area (Å²) >= 11 is 15.2. The summed E-state index contributed by atoms with van der Waals surface area (Å²) < 4.78 is 0.835. The Morgan fingerprint density at radius 3 is 2.50 bits per heavy atom. The maximum absolute atomic E-state index is 10.7. The topological polar surface area (TPSA) is 55.2 Å². The van der Waals surface area contributed by atoms with Gasteiger partial charge in [-0.2, -0.15) is 0 Å². The summed E-state index contributed by atoms with van der Waals surface area (Å²) in [6, 6.07) is 10.1. The highest BCUT2D eigenvalue weighted by Gasteiger charge is 2.11. The van der Waals surface area contributed by atoms with E-state index in [1.54, 1.807) is 6.07 Å². The van der Waals surface area contributed by atoms with E-state index in [2.05, 4.69) is 21.2 Å². The number of hydrogen-bond acceptors (Lipinski definition) is 3. The normalized spacial score (nSPS) is 10.3. The van der Waals surface area contributed by atoms with Gasteiger partial charge in [-0.1, -0.05) is 29.3 Å². The van der Waals surface area contributed by atoms with Crippen LogP contribution >= 0.6 is 39.1 Å². The maximum Gasteiger partial charge on any atom is 0.288 e. The summed E-state index contributed by atoms with van der Waals surface area (Å²) in [6.45, 7) is 0.543. The average molecular weight is 376 g/mol. The molecule has 0 bridgehead atoms. The molecule has 0 aliphatic rings. The molecular weight excluding hydrogens is 367 g/mol. The number of nitrogens with zero attached hydrogens (tertiary/aromatic N) is 1. The van der Waals surface area contributed by atoms with Crippen LogP contribution in [0.1, 0.15) is 5.56 Å². The van der Waals surface area contributed by atoms with Gasteiger partial charge in [-0.05, 0) is 45.8 Å². The highest BCUT2D eigenvalue weighted by molar-refractivity contribution is 9.10. The predicted molar refractivity (Wildman–Crippen MR) is 84.6 cm³/mol. The second-order valence-electron chi connectivity index (χ2n) is 4.03. The molecule has 104 valence electrons. The molecule has 0 unspecified atom stereocenters. The van der Waals surface area contributed by atoms with E-state index in [0.29, 0.717) is 17.3 Å². The first kappa shape index (κ1) is 15.1. The molecule has 2 aromatic rings. The molecule has 0 spiro atoms. The molecule has 0 fully saturated rings. The third-order valence-electron chi connectivity index (χ3n) is 2.63. The molecule has 0 aliphatic carbocycles. The van der Waals surface area contributed by atoms with Gasteiger partial charge >= 0.3 is 0 Å². The van der Waals surface area contributed by atoms with Crippen molar-refractivity contribution < 1.29 is 4.92 Å². The van der Waals surface area contributed by atoms with Crippen LogP contribution in [0.15, 0.2) is 40.9 Å². The molecule has 20 heavy (non-hydrogen) atoms. The molecule has 0 heterocycles. The summed E-state index contributed by atoms with van der Waals surface area (Å²) in [7, 11) is 0. The van der Waals surface area contributed by atoms with Gasteiger partial charge < -0.3 is 5.32 Å². The first-order chi connectivity index (χ1) is 9.47. The largest absolute Gasteiger partial charge is 0.381 e. The van der Waals surface area contributed by atoms with Crippen molar-refractivity contribution >= 4 is 50.5 Å². The van der Waals surface area contributed by atoms with Gasteiger partial charge in [0, 0.05) is 22.8 Å². The zero-order valence-electron chi connectivity index (χ0n) is 10.1. The minimum absolute atomic E-state index is 0.105. The summed E-state index contributed by atoms with van der Waals surface area (Å²) in [4.78, 5) is 10.2. The van der Waals surface area contributed by atoms with Crippen LogP contribution in [-0.4, -0.2) is 4.92 Å². The predicted octanol–water partition coefficient (Wildman–Crippen LogP) is 5.28. The summed E-state index contributed by atoms with van der Waals surface area (Å²) in [6.07, 6.45) is 0. The Hall–Kier alpha value is -1.30. The van der Waals surface area contributed by atoms with E-state index in [1.807, 2.05) is 18.2 Å². The fourth-order valence-corrected chi connectivity index (χ4v) is 2.32. The number of nitro benzene ring substituents is 1. The van der Waals surface area contributed by atoms with Crippen LogP contribution in [0, 0.1) is 10.1 Å². The van der Waals surface area contributed by atoms with Crippen LogP contribution in [0.4, 0.5) is 11.4 Å². The van der Waals surface area contributed by atoms with Gasteiger partial charge in [0.05, 0.1) is 9.95 Å². The van der Waals surface area contributed by atoms with Crippen molar-refractivity contribution in [1.82, 2.24) is 0 Å². The van der Waals surface area contributed by atoms with Gasteiger partial charge in [0.15, 0.2) is 0 Å². The Kier molecular flexibility index (Phi) is 4.86. The second-order valence-corrected chi connectivity index (χ2v) is 5.69. The lowest BCUT2D eigenvalue weighted by Crippen LogP contribution is -2.00. The smallest absolute Gasteiger partial charge is 0.288 e. The van der Waals surface area contributed by atoms with Gasteiger partial charge in [0.25, 0.3) is 5.69 Å². The minimum atomic E-state index is -0.513. The van der Waals surface area contributed by atoms with E-state index in [-0.39, 0.29) is 10.7 Å². The molecule has 2 rings (SSSR count). The van der Waals surface area contributed by atoms with E-state index < -0.39 is 4.92 Å². The number of nitrogens with one attached hydrogen (secondary N) is 1. The number of nitro groups is 1. The van der Waals surface area contributed by atoms with Crippen molar-refractivity contribution in [1.29, 1.82) is 0 Å². The van der Waals surface area contributed by atoms with Crippen LogP contribution in [0.3, 0.4) is 0 Å². The first-order valence-corrected chi connectivity index (χ1v) is 7.14. The third kappa shape index (κ3) is 3.62.